The molecule has 1 aromatic carbocycles. The highest BCUT2D eigenvalue weighted by atomic mass is 79.9. The van der Waals surface area contributed by atoms with Crippen LogP contribution in [0.1, 0.15) is 18.4 Å². The molecule has 2 N–H and O–H groups in total. The first kappa shape index (κ1) is 12.6. The van der Waals surface area contributed by atoms with Gasteiger partial charge in [0.25, 0.3) is 0 Å². The lowest BCUT2D eigenvalue weighted by Gasteiger charge is -2.14. The molecule has 1 aliphatic rings. The Bertz CT molecular complexity index is 404. The Kier molecular flexibility index (Phi) is 4.18. The molecule has 0 radical (unpaired) electrons. The average Bonchev–Trinajstić information content (AvgIpc) is 3.07. The summed E-state index contributed by atoms with van der Waals surface area (Å²) in [6.45, 7) is 0.824. The van der Waals surface area contributed by atoms with Crippen molar-refractivity contribution in [2.75, 3.05) is 6.54 Å². The quantitative estimate of drug-likeness (QED) is 0.848. The van der Waals surface area contributed by atoms with Crippen molar-refractivity contribution in [2.45, 2.75) is 25.3 Å². The largest absolute Gasteiger partial charge is 0.480 e. The van der Waals surface area contributed by atoms with E-state index in [2.05, 4.69) is 21.2 Å². The molecule has 2 rings (SSSR count). The summed E-state index contributed by atoms with van der Waals surface area (Å²) in [5, 5.41) is 12.3. The van der Waals surface area contributed by atoms with Crippen molar-refractivity contribution in [3.63, 3.8) is 0 Å². The first-order valence-electron chi connectivity index (χ1n) is 5.86. The van der Waals surface area contributed by atoms with Crippen LogP contribution in [0.4, 0.5) is 0 Å². The minimum atomic E-state index is -0.773. The summed E-state index contributed by atoms with van der Waals surface area (Å²) in [6, 6.07) is 7.31. The molecular weight excluding hydrogens is 282 g/mol. The van der Waals surface area contributed by atoms with Crippen LogP contribution in [-0.4, -0.2) is 23.7 Å². The summed E-state index contributed by atoms with van der Waals surface area (Å²) in [7, 11) is 0. The van der Waals surface area contributed by atoms with E-state index in [9.17, 15) is 4.79 Å². The highest BCUT2D eigenvalue weighted by molar-refractivity contribution is 9.10. The number of carboxylic acids is 1. The highest BCUT2D eigenvalue weighted by Gasteiger charge is 2.24. The number of carbonyl (C=O) groups is 1. The maximum atomic E-state index is 11.1. The molecule has 92 valence electrons. The SMILES string of the molecule is O=C(O)C(Cc1cccc(Br)c1)NCC1CC1. The van der Waals surface area contributed by atoms with Gasteiger partial charge in [-0.05, 0) is 49.4 Å². The predicted molar refractivity (Wildman–Crippen MR) is 70.0 cm³/mol. The van der Waals surface area contributed by atoms with E-state index in [1.807, 2.05) is 24.3 Å². The molecule has 0 aromatic heterocycles. The first-order valence-corrected chi connectivity index (χ1v) is 6.65. The van der Waals surface area contributed by atoms with Gasteiger partial charge in [0.15, 0.2) is 0 Å². The molecule has 0 saturated heterocycles. The molecule has 0 amide bonds. The Labute approximate surface area is 109 Å². The second kappa shape index (κ2) is 5.65. The fraction of sp³-hybridized carbons (Fsp3) is 0.462. The van der Waals surface area contributed by atoms with Crippen LogP contribution in [0, 0.1) is 5.92 Å². The zero-order valence-corrected chi connectivity index (χ0v) is 11.1. The van der Waals surface area contributed by atoms with Crippen LogP contribution in [0.3, 0.4) is 0 Å². The van der Waals surface area contributed by atoms with Crippen LogP contribution < -0.4 is 5.32 Å². The third kappa shape index (κ3) is 4.13. The van der Waals surface area contributed by atoms with Crippen molar-refractivity contribution >= 4 is 21.9 Å². The molecule has 1 aromatic rings. The number of benzene rings is 1. The molecule has 0 aliphatic heterocycles. The molecular formula is C13H16BrNO2. The van der Waals surface area contributed by atoms with Crippen LogP contribution >= 0.6 is 15.9 Å². The van der Waals surface area contributed by atoms with Gasteiger partial charge in [-0.25, -0.2) is 0 Å². The normalized spacial score (nSPS) is 16.8. The lowest BCUT2D eigenvalue weighted by molar-refractivity contribution is -0.139. The van der Waals surface area contributed by atoms with Crippen molar-refractivity contribution in [3.8, 4) is 0 Å². The summed E-state index contributed by atoms with van der Waals surface area (Å²) >= 11 is 3.39. The van der Waals surface area contributed by atoms with Crippen LogP contribution in [0.2, 0.25) is 0 Å². The van der Waals surface area contributed by atoms with Gasteiger partial charge < -0.3 is 10.4 Å². The summed E-state index contributed by atoms with van der Waals surface area (Å²) in [5.41, 5.74) is 1.04. The number of nitrogens with one attached hydrogen (secondary N) is 1. The maximum absolute atomic E-state index is 11.1. The lowest BCUT2D eigenvalue weighted by atomic mass is 10.1. The molecule has 17 heavy (non-hydrogen) atoms. The van der Waals surface area contributed by atoms with Gasteiger partial charge in [0.05, 0.1) is 0 Å². The fourth-order valence-electron chi connectivity index (χ4n) is 1.78. The Morgan fingerprint density at radius 1 is 1.53 bits per heavy atom. The van der Waals surface area contributed by atoms with Crippen LogP contribution in [0.15, 0.2) is 28.7 Å². The zero-order chi connectivity index (χ0) is 12.3. The summed E-state index contributed by atoms with van der Waals surface area (Å²) in [6.07, 6.45) is 2.99. The van der Waals surface area contributed by atoms with Crippen molar-refractivity contribution in [1.29, 1.82) is 0 Å². The minimum Gasteiger partial charge on any atom is -0.480 e. The van der Waals surface area contributed by atoms with Gasteiger partial charge in [0.1, 0.15) is 6.04 Å². The Balaban J connectivity index is 1.93. The third-order valence-corrected chi connectivity index (χ3v) is 3.47. The van der Waals surface area contributed by atoms with Crippen molar-refractivity contribution in [2.24, 2.45) is 5.92 Å². The number of aliphatic carboxylic acids is 1. The topological polar surface area (TPSA) is 49.3 Å². The molecule has 0 spiro atoms. The van der Waals surface area contributed by atoms with Gasteiger partial charge in [0.2, 0.25) is 0 Å². The summed E-state index contributed by atoms with van der Waals surface area (Å²) < 4.78 is 0.987. The van der Waals surface area contributed by atoms with E-state index in [-0.39, 0.29) is 0 Å². The predicted octanol–water partition coefficient (Wildman–Crippen LogP) is 2.44. The van der Waals surface area contributed by atoms with E-state index in [0.717, 1.165) is 16.6 Å². The monoisotopic (exact) mass is 297 g/mol. The molecule has 4 heteroatoms. The van der Waals surface area contributed by atoms with Gasteiger partial charge in [0, 0.05) is 4.47 Å². The van der Waals surface area contributed by atoms with Crippen LogP contribution in [-0.2, 0) is 11.2 Å². The van der Waals surface area contributed by atoms with Crippen molar-refractivity contribution in [1.82, 2.24) is 5.32 Å². The summed E-state index contributed by atoms with van der Waals surface area (Å²) in [4.78, 5) is 11.1. The van der Waals surface area contributed by atoms with E-state index in [4.69, 9.17) is 5.11 Å². The minimum absolute atomic E-state index is 0.482. The number of hydrogen-bond acceptors (Lipinski definition) is 2. The number of hydrogen-bond donors (Lipinski definition) is 2. The lowest BCUT2D eigenvalue weighted by Crippen LogP contribution is -2.39. The Morgan fingerprint density at radius 2 is 2.29 bits per heavy atom. The number of carboxylic acid groups (broad SMARTS) is 1. The Morgan fingerprint density at radius 3 is 2.88 bits per heavy atom. The molecule has 1 unspecified atom stereocenters. The molecule has 3 nitrogen and oxygen atoms in total. The van der Waals surface area contributed by atoms with Crippen molar-refractivity contribution < 1.29 is 9.90 Å². The second-order valence-electron chi connectivity index (χ2n) is 4.58. The smallest absolute Gasteiger partial charge is 0.321 e. The van der Waals surface area contributed by atoms with Gasteiger partial charge in [-0.3, -0.25) is 4.79 Å². The molecule has 1 aliphatic carbocycles. The average molecular weight is 298 g/mol. The van der Waals surface area contributed by atoms with E-state index >= 15 is 0 Å². The van der Waals surface area contributed by atoms with Crippen LogP contribution in [0.5, 0.6) is 0 Å². The van der Waals surface area contributed by atoms with Gasteiger partial charge in [-0.15, -0.1) is 0 Å². The van der Waals surface area contributed by atoms with Crippen LogP contribution in [0.25, 0.3) is 0 Å². The maximum Gasteiger partial charge on any atom is 0.321 e. The molecule has 1 fully saturated rings. The van der Waals surface area contributed by atoms with E-state index in [1.165, 1.54) is 12.8 Å². The third-order valence-electron chi connectivity index (χ3n) is 2.98. The number of halogens is 1. The van der Waals surface area contributed by atoms with Gasteiger partial charge in [-0.1, -0.05) is 28.1 Å². The standard InChI is InChI=1S/C13H16BrNO2/c14-11-3-1-2-10(6-11)7-12(13(16)17)15-8-9-4-5-9/h1-3,6,9,12,15H,4-5,7-8H2,(H,16,17). The van der Waals surface area contributed by atoms with E-state index in [0.29, 0.717) is 12.3 Å². The Hall–Kier alpha value is -0.870. The van der Waals surface area contributed by atoms with Crippen molar-refractivity contribution in [3.05, 3.63) is 34.3 Å². The molecule has 1 atom stereocenters. The highest BCUT2D eigenvalue weighted by Crippen LogP contribution is 2.27. The molecule has 0 heterocycles. The second-order valence-corrected chi connectivity index (χ2v) is 5.49. The number of rotatable bonds is 6. The molecule has 0 bridgehead atoms. The van der Waals surface area contributed by atoms with Gasteiger partial charge in [-0.2, -0.15) is 0 Å². The van der Waals surface area contributed by atoms with Gasteiger partial charge >= 0.3 is 5.97 Å². The fourth-order valence-corrected chi connectivity index (χ4v) is 2.22. The molecule has 1 saturated carbocycles. The summed E-state index contributed by atoms with van der Waals surface area (Å²) in [5.74, 6) is -0.0787. The van der Waals surface area contributed by atoms with E-state index < -0.39 is 12.0 Å². The van der Waals surface area contributed by atoms with E-state index in [1.54, 1.807) is 0 Å². The first-order chi connectivity index (χ1) is 8.15. The zero-order valence-electron chi connectivity index (χ0n) is 9.53.